The van der Waals surface area contributed by atoms with Crippen molar-refractivity contribution >= 4 is 11.9 Å². The van der Waals surface area contributed by atoms with E-state index in [1.807, 2.05) is 0 Å². The van der Waals surface area contributed by atoms with Crippen LogP contribution in [0.25, 0.3) is 0 Å². The summed E-state index contributed by atoms with van der Waals surface area (Å²) in [6.45, 7) is 0. The number of esters is 2. The molecule has 0 unspecified atom stereocenters. The quantitative estimate of drug-likeness (QED) is 0.373. The Morgan fingerprint density at radius 3 is 2.00 bits per heavy atom. The Balaban J connectivity index is 2.03. The Morgan fingerprint density at radius 2 is 1.50 bits per heavy atom. The molecule has 3 heterocycles. The minimum Gasteiger partial charge on any atom is -0.393 e. The van der Waals surface area contributed by atoms with Gasteiger partial charge in [-0.05, 0) is 12.8 Å². The van der Waals surface area contributed by atoms with Crippen LogP contribution in [0.15, 0.2) is 0 Å². The molecule has 4 heteroatoms. The number of hydrogen-bond donors (Lipinski definition) is 0. The van der Waals surface area contributed by atoms with Crippen molar-refractivity contribution in [1.82, 2.24) is 0 Å². The molecular weight excluding hydrogens is 160 g/mol. The lowest BCUT2D eigenvalue weighted by Crippen LogP contribution is -2.29. The first-order chi connectivity index (χ1) is 5.77. The van der Waals surface area contributed by atoms with Crippen LogP contribution < -0.4 is 0 Å². The number of fused-ring (bicyclic) bond motifs is 5. The second kappa shape index (κ2) is 1.88. The minimum atomic E-state index is -0.378. The van der Waals surface area contributed by atoms with Crippen molar-refractivity contribution in [2.45, 2.75) is 25.0 Å². The summed E-state index contributed by atoms with van der Waals surface area (Å²) < 4.78 is 10.0. The molecule has 0 aromatic rings. The molecule has 3 aliphatic rings. The molecule has 12 heavy (non-hydrogen) atoms. The maximum Gasteiger partial charge on any atom is 0.320 e. The van der Waals surface area contributed by atoms with Crippen LogP contribution >= 0.6 is 0 Å². The molecule has 0 aromatic heterocycles. The number of cyclic esters (lactones) is 2. The van der Waals surface area contributed by atoms with E-state index in [-0.39, 0.29) is 36.0 Å². The van der Waals surface area contributed by atoms with Crippen LogP contribution in [0.4, 0.5) is 0 Å². The highest BCUT2D eigenvalue weighted by Gasteiger charge is 2.61. The fourth-order valence-electron chi connectivity index (χ4n) is 2.51. The largest absolute Gasteiger partial charge is 0.393 e. The highest BCUT2D eigenvalue weighted by Crippen LogP contribution is 2.47. The zero-order valence-corrected chi connectivity index (χ0v) is 6.36. The Hall–Kier alpha value is -0.900. The van der Waals surface area contributed by atoms with Crippen molar-refractivity contribution in [2.75, 3.05) is 0 Å². The van der Waals surface area contributed by atoms with Gasteiger partial charge in [-0.25, -0.2) is 0 Å². The van der Waals surface area contributed by atoms with Crippen LogP contribution in [-0.4, -0.2) is 24.1 Å². The van der Waals surface area contributed by atoms with E-state index in [0.717, 1.165) is 12.8 Å². The standard InChI is InChI=1S/C8H8O4/c9-7-5-3-1-2-4(11-3)6(5)8(10)12-7/h3-6H,1-2H2/t3-,4+,5-,6-/m1/s1. The summed E-state index contributed by atoms with van der Waals surface area (Å²) in [4.78, 5) is 22.3. The molecule has 0 saturated carbocycles. The average Bonchev–Trinajstić information content (AvgIpc) is 2.64. The Labute approximate surface area is 68.8 Å². The van der Waals surface area contributed by atoms with Crippen LogP contribution in [0, 0.1) is 11.8 Å². The second-order valence-electron chi connectivity index (χ2n) is 3.58. The molecule has 0 spiro atoms. The van der Waals surface area contributed by atoms with Crippen LogP contribution in [0.2, 0.25) is 0 Å². The highest BCUT2D eigenvalue weighted by molar-refractivity contribution is 5.97. The first-order valence-corrected chi connectivity index (χ1v) is 4.18. The van der Waals surface area contributed by atoms with E-state index in [4.69, 9.17) is 4.74 Å². The van der Waals surface area contributed by atoms with Crippen molar-refractivity contribution in [3.8, 4) is 0 Å². The molecule has 3 fully saturated rings. The lowest BCUT2D eigenvalue weighted by Gasteiger charge is -2.13. The van der Waals surface area contributed by atoms with E-state index >= 15 is 0 Å². The van der Waals surface area contributed by atoms with Gasteiger partial charge in [0.2, 0.25) is 0 Å². The van der Waals surface area contributed by atoms with Crippen molar-refractivity contribution in [3.63, 3.8) is 0 Å². The molecule has 0 radical (unpaired) electrons. The highest BCUT2D eigenvalue weighted by atomic mass is 16.6. The first kappa shape index (κ1) is 6.60. The molecule has 4 nitrogen and oxygen atoms in total. The van der Waals surface area contributed by atoms with Gasteiger partial charge in [0, 0.05) is 0 Å². The van der Waals surface area contributed by atoms with Gasteiger partial charge in [-0.2, -0.15) is 0 Å². The zero-order valence-electron chi connectivity index (χ0n) is 6.36. The van der Waals surface area contributed by atoms with Crippen molar-refractivity contribution in [3.05, 3.63) is 0 Å². The Kier molecular flexibility index (Phi) is 1.03. The Morgan fingerprint density at radius 1 is 1.00 bits per heavy atom. The molecule has 0 N–H and O–H groups in total. The lowest BCUT2D eigenvalue weighted by atomic mass is 9.81. The summed E-state index contributed by atoms with van der Waals surface area (Å²) in [5.74, 6) is -1.32. The third kappa shape index (κ3) is 0.579. The van der Waals surface area contributed by atoms with Gasteiger partial charge in [0.25, 0.3) is 0 Å². The fraction of sp³-hybridized carbons (Fsp3) is 0.750. The summed E-state index contributed by atoms with van der Waals surface area (Å²) in [5.41, 5.74) is 0. The monoisotopic (exact) mass is 168 g/mol. The van der Waals surface area contributed by atoms with Crippen LogP contribution in [0.5, 0.6) is 0 Å². The molecular formula is C8H8O4. The normalized spacial score (nSPS) is 49.7. The van der Waals surface area contributed by atoms with Crippen LogP contribution in [0.1, 0.15) is 12.8 Å². The fourth-order valence-corrected chi connectivity index (χ4v) is 2.51. The van der Waals surface area contributed by atoms with Crippen LogP contribution in [-0.2, 0) is 19.1 Å². The predicted octanol–water partition coefficient (Wildman–Crippen LogP) is -0.137. The number of ether oxygens (including phenoxy) is 2. The molecule has 2 bridgehead atoms. The third-order valence-corrected chi connectivity index (χ3v) is 3.02. The maximum atomic E-state index is 11.1. The molecule has 64 valence electrons. The number of hydrogen-bond acceptors (Lipinski definition) is 4. The summed E-state index contributed by atoms with van der Waals surface area (Å²) in [7, 11) is 0. The molecule has 0 aliphatic carbocycles. The van der Waals surface area contributed by atoms with Crippen LogP contribution in [0.3, 0.4) is 0 Å². The van der Waals surface area contributed by atoms with E-state index in [9.17, 15) is 9.59 Å². The van der Waals surface area contributed by atoms with Gasteiger partial charge >= 0.3 is 11.9 Å². The molecule has 0 amide bonds. The van der Waals surface area contributed by atoms with Gasteiger partial charge in [0.1, 0.15) is 0 Å². The van der Waals surface area contributed by atoms with E-state index < -0.39 is 0 Å². The first-order valence-electron chi connectivity index (χ1n) is 4.18. The molecule has 3 saturated heterocycles. The number of carbonyl (C=O) groups excluding carboxylic acids is 2. The van der Waals surface area contributed by atoms with Crippen molar-refractivity contribution in [2.24, 2.45) is 11.8 Å². The molecule has 4 atom stereocenters. The smallest absolute Gasteiger partial charge is 0.320 e. The van der Waals surface area contributed by atoms with Gasteiger partial charge in [-0.15, -0.1) is 0 Å². The van der Waals surface area contributed by atoms with Gasteiger partial charge in [0.15, 0.2) is 0 Å². The van der Waals surface area contributed by atoms with E-state index in [1.54, 1.807) is 0 Å². The summed E-state index contributed by atoms with van der Waals surface area (Å²) in [5, 5.41) is 0. The Bertz CT molecular complexity index is 246. The SMILES string of the molecule is O=C1OC(=O)[C@H]2[C@H]1[C@@H]1CC[C@H]2O1. The number of rotatable bonds is 0. The minimum absolute atomic E-state index is 0.0426. The van der Waals surface area contributed by atoms with E-state index in [2.05, 4.69) is 4.74 Å². The number of carbonyl (C=O) groups is 2. The molecule has 3 aliphatic heterocycles. The van der Waals surface area contributed by atoms with E-state index in [1.165, 1.54) is 0 Å². The van der Waals surface area contributed by atoms with Gasteiger partial charge < -0.3 is 9.47 Å². The van der Waals surface area contributed by atoms with Gasteiger partial charge in [0.05, 0.1) is 24.0 Å². The summed E-state index contributed by atoms with van der Waals surface area (Å²) >= 11 is 0. The summed E-state index contributed by atoms with van der Waals surface area (Å²) in [6, 6.07) is 0. The van der Waals surface area contributed by atoms with Crippen molar-refractivity contribution < 1.29 is 19.1 Å². The molecule has 3 rings (SSSR count). The zero-order chi connectivity index (χ0) is 8.29. The van der Waals surface area contributed by atoms with Gasteiger partial charge in [-0.1, -0.05) is 0 Å². The topological polar surface area (TPSA) is 52.6 Å². The second-order valence-corrected chi connectivity index (χ2v) is 3.58. The van der Waals surface area contributed by atoms with E-state index in [0.29, 0.717) is 0 Å². The van der Waals surface area contributed by atoms with Gasteiger partial charge in [-0.3, -0.25) is 9.59 Å². The summed E-state index contributed by atoms with van der Waals surface area (Å²) in [6.07, 6.45) is 1.71. The maximum absolute atomic E-state index is 11.1. The third-order valence-electron chi connectivity index (χ3n) is 3.02. The predicted molar refractivity (Wildman–Crippen MR) is 36.0 cm³/mol. The van der Waals surface area contributed by atoms with Crippen molar-refractivity contribution in [1.29, 1.82) is 0 Å². The lowest BCUT2D eigenvalue weighted by molar-refractivity contribution is -0.156. The molecule has 0 aromatic carbocycles. The average molecular weight is 168 g/mol.